The minimum Gasteiger partial charge on any atom is -0.462 e. The second kappa shape index (κ2) is 5.34. The average molecular weight is 281 g/mol. The van der Waals surface area contributed by atoms with Crippen LogP contribution in [-0.4, -0.2) is 12.6 Å². The second-order valence-electron chi connectivity index (χ2n) is 3.40. The summed E-state index contributed by atoms with van der Waals surface area (Å²) < 4.78 is 4.83. The van der Waals surface area contributed by atoms with E-state index >= 15 is 0 Å². The van der Waals surface area contributed by atoms with Gasteiger partial charge in [0.2, 0.25) is 0 Å². The molecule has 1 aromatic rings. The molecule has 92 valence electrons. The molecule has 1 aliphatic heterocycles. The van der Waals surface area contributed by atoms with Crippen LogP contribution in [0.25, 0.3) is 0 Å². The van der Waals surface area contributed by atoms with E-state index in [0.717, 1.165) is 10.6 Å². The Labute approximate surface area is 114 Å². The molecule has 0 fully saturated rings. The normalized spacial score (nSPS) is 15.4. The fourth-order valence-electron chi connectivity index (χ4n) is 1.45. The number of hydrogen-bond donors (Lipinski definition) is 1. The van der Waals surface area contributed by atoms with Crippen LogP contribution in [0.3, 0.4) is 0 Å². The number of fused-ring (bicyclic) bond motifs is 1. The molecular formula is C12H9ClN2O2S. The number of halogens is 1. The maximum absolute atomic E-state index is 11.6. The summed E-state index contributed by atoms with van der Waals surface area (Å²) in [6.07, 6.45) is 0. The van der Waals surface area contributed by atoms with Crippen LogP contribution < -0.4 is 5.32 Å². The van der Waals surface area contributed by atoms with Crippen LogP contribution in [-0.2, 0) is 9.53 Å². The number of ether oxygens (including phenoxy) is 1. The lowest BCUT2D eigenvalue weighted by atomic mass is 10.3. The lowest BCUT2D eigenvalue weighted by Gasteiger charge is -2.03. The third kappa shape index (κ3) is 2.45. The van der Waals surface area contributed by atoms with Gasteiger partial charge in [-0.1, -0.05) is 23.4 Å². The van der Waals surface area contributed by atoms with E-state index in [-0.39, 0.29) is 12.2 Å². The fourth-order valence-corrected chi connectivity index (χ4v) is 2.71. The van der Waals surface area contributed by atoms with Crippen molar-refractivity contribution in [2.24, 2.45) is 0 Å². The van der Waals surface area contributed by atoms with Crippen molar-refractivity contribution in [1.29, 1.82) is 5.26 Å². The van der Waals surface area contributed by atoms with Crippen LogP contribution in [0.15, 0.2) is 33.7 Å². The van der Waals surface area contributed by atoms with Gasteiger partial charge in [-0.2, -0.15) is 5.26 Å². The Bertz CT molecular complexity index is 578. The lowest BCUT2D eigenvalue weighted by Crippen LogP contribution is -2.09. The third-order valence-electron chi connectivity index (χ3n) is 2.22. The lowest BCUT2D eigenvalue weighted by molar-refractivity contribution is -0.138. The fraction of sp³-hybridized carbons (Fsp3) is 0.167. The molecule has 4 nitrogen and oxygen atoms in total. The summed E-state index contributed by atoms with van der Waals surface area (Å²) in [5.41, 5.74) is 0.811. The molecule has 0 atom stereocenters. The molecule has 2 rings (SSSR count). The Balaban J connectivity index is 2.33. The smallest absolute Gasteiger partial charge is 0.351 e. The van der Waals surface area contributed by atoms with Gasteiger partial charge < -0.3 is 10.1 Å². The highest BCUT2D eigenvalue weighted by atomic mass is 35.5. The second-order valence-corrected chi connectivity index (χ2v) is 4.89. The zero-order chi connectivity index (χ0) is 13.1. The van der Waals surface area contributed by atoms with Crippen LogP contribution in [0.1, 0.15) is 6.92 Å². The van der Waals surface area contributed by atoms with Crippen molar-refractivity contribution in [3.63, 3.8) is 0 Å². The van der Waals surface area contributed by atoms with Crippen molar-refractivity contribution in [3.8, 4) is 6.07 Å². The number of hydrogen-bond acceptors (Lipinski definition) is 5. The van der Waals surface area contributed by atoms with Crippen molar-refractivity contribution < 1.29 is 9.53 Å². The van der Waals surface area contributed by atoms with Crippen LogP contribution in [0.5, 0.6) is 0 Å². The van der Waals surface area contributed by atoms with Gasteiger partial charge in [0.1, 0.15) is 11.1 Å². The molecule has 1 aromatic carbocycles. The van der Waals surface area contributed by atoms with Crippen LogP contribution in [0.4, 0.5) is 5.69 Å². The van der Waals surface area contributed by atoms with E-state index in [2.05, 4.69) is 5.32 Å². The van der Waals surface area contributed by atoms with Crippen molar-refractivity contribution in [1.82, 2.24) is 0 Å². The van der Waals surface area contributed by atoms with E-state index in [1.54, 1.807) is 25.1 Å². The van der Waals surface area contributed by atoms with E-state index in [4.69, 9.17) is 21.6 Å². The van der Waals surface area contributed by atoms with Crippen molar-refractivity contribution >= 4 is 35.0 Å². The van der Waals surface area contributed by atoms with Gasteiger partial charge in [0, 0.05) is 9.92 Å². The number of thioether (sulfide) groups is 1. The predicted molar refractivity (Wildman–Crippen MR) is 70.2 cm³/mol. The highest BCUT2D eigenvalue weighted by Gasteiger charge is 2.24. The summed E-state index contributed by atoms with van der Waals surface area (Å²) in [6, 6.07) is 7.19. The Kier molecular flexibility index (Phi) is 3.80. The predicted octanol–water partition coefficient (Wildman–Crippen LogP) is 3.16. The average Bonchev–Trinajstić information content (AvgIpc) is 2.72. The first-order valence-corrected chi connectivity index (χ1v) is 6.41. The van der Waals surface area contributed by atoms with Crippen molar-refractivity contribution in [2.75, 3.05) is 11.9 Å². The summed E-state index contributed by atoms with van der Waals surface area (Å²) in [6.45, 7) is 1.93. The molecule has 0 aromatic heterocycles. The highest BCUT2D eigenvalue weighted by molar-refractivity contribution is 8.03. The van der Waals surface area contributed by atoms with E-state index in [9.17, 15) is 4.79 Å². The molecule has 0 spiro atoms. The number of esters is 1. The van der Waals surface area contributed by atoms with E-state index in [0.29, 0.717) is 10.1 Å². The van der Waals surface area contributed by atoms with Gasteiger partial charge >= 0.3 is 5.97 Å². The Morgan fingerprint density at radius 3 is 3.06 bits per heavy atom. The molecule has 0 amide bonds. The zero-order valence-corrected chi connectivity index (χ0v) is 11.1. The number of anilines is 1. The standard InChI is InChI=1S/C12H9ClN2O2S/c1-2-17-12(16)8(6-14)11-15-9-4-3-7(13)5-10(9)18-11/h3-5,15H,2H2,1H3. The number of nitriles is 1. The van der Waals surface area contributed by atoms with E-state index in [1.165, 1.54) is 11.8 Å². The molecule has 0 radical (unpaired) electrons. The molecule has 0 saturated heterocycles. The number of nitrogens with zero attached hydrogens (tertiary/aromatic N) is 1. The SMILES string of the molecule is CCOC(=O)C(C#N)=C1Nc2ccc(Cl)cc2S1. The molecule has 1 aliphatic rings. The van der Waals surface area contributed by atoms with Crippen molar-refractivity contribution in [3.05, 3.63) is 33.8 Å². The number of benzene rings is 1. The number of carbonyl (C=O) groups is 1. The Hall–Kier alpha value is -1.64. The van der Waals surface area contributed by atoms with Gasteiger partial charge in [0.05, 0.1) is 12.3 Å². The van der Waals surface area contributed by atoms with Crippen LogP contribution in [0, 0.1) is 11.3 Å². The Morgan fingerprint density at radius 1 is 1.61 bits per heavy atom. The van der Waals surface area contributed by atoms with Gasteiger partial charge in [-0.15, -0.1) is 0 Å². The Morgan fingerprint density at radius 2 is 2.39 bits per heavy atom. The topological polar surface area (TPSA) is 62.1 Å². The van der Waals surface area contributed by atoms with Crippen molar-refractivity contribution in [2.45, 2.75) is 11.8 Å². The zero-order valence-electron chi connectivity index (χ0n) is 9.49. The molecule has 0 saturated carbocycles. The number of nitrogens with one attached hydrogen (secondary N) is 1. The molecule has 0 aliphatic carbocycles. The summed E-state index contributed by atoms with van der Waals surface area (Å²) in [7, 11) is 0. The monoisotopic (exact) mass is 280 g/mol. The van der Waals surface area contributed by atoms with Gasteiger partial charge in [-0.05, 0) is 25.1 Å². The maximum atomic E-state index is 11.6. The molecule has 1 N–H and O–H groups in total. The molecule has 1 heterocycles. The van der Waals surface area contributed by atoms with Crippen LogP contribution >= 0.6 is 23.4 Å². The summed E-state index contributed by atoms with van der Waals surface area (Å²) in [5.74, 6) is -0.617. The minimum absolute atomic E-state index is 0.0193. The van der Waals surface area contributed by atoms with Gasteiger partial charge in [-0.3, -0.25) is 0 Å². The molecule has 6 heteroatoms. The first kappa shape index (κ1) is 12.8. The highest BCUT2D eigenvalue weighted by Crippen LogP contribution is 2.43. The summed E-state index contributed by atoms with van der Waals surface area (Å²) >= 11 is 7.18. The quantitative estimate of drug-likeness (QED) is 0.512. The number of rotatable bonds is 2. The molecule has 0 unspecified atom stereocenters. The maximum Gasteiger partial charge on any atom is 0.351 e. The first-order chi connectivity index (χ1) is 8.65. The van der Waals surface area contributed by atoms with Crippen LogP contribution in [0.2, 0.25) is 5.02 Å². The molecular weight excluding hydrogens is 272 g/mol. The van der Waals surface area contributed by atoms with E-state index in [1.807, 2.05) is 6.07 Å². The van der Waals surface area contributed by atoms with E-state index < -0.39 is 5.97 Å². The van der Waals surface area contributed by atoms with Gasteiger partial charge in [0.25, 0.3) is 0 Å². The number of carbonyl (C=O) groups excluding carboxylic acids is 1. The first-order valence-electron chi connectivity index (χ1n) is 5.21. The largest absolute Gasteiger partial charge is 0.462 e. The molecule has 18 heavy (non-hydrogen) atoms. The third-order valence-corrected chi connectivity index (χ3v) is 3.53. The summed E-state index contributed by atoms with van der Waals surface area (Å²) in [5, 5.41) is 13.1. The minimum atomic E-state index is -0.617. The van der Waals surface area contributed by atoms with Gasteiger partial charge in [0.15, 0.2) is 5.57 Å². The molecule has 0 bridgehead atoms. The van der Waals surface area contributed by atoms with Gasteiger partial charge in [-0.25, -0.2) is 4.79 Å². The summed E-state index contributed by atoms with van der Waals surface area (Å²) in [4.78, 5) is 12.5.